The number of carbonyl (C=O) groups is 2. The molecule has 3 aromatic rings. The molecule has 2 atom stereocenters. The number of benzene rings is 2. The fraction of sp³-hybridized carbons (Fsp3) is 0.273. The number of carboxylic acid groups (broad SMARTS) is 1. The summed E-state index contributed by atoms with van der Waals surface area (Å²) in [6.45, 7) is 1.99. The molecular formula is C22H23N3O4. The molecule has 0 saturated carbocycles. The zero-order chi connectivity index (χ0) is 20.8. The standard InChI is InChI=1S/C22H23N3O4/c1-2-3-13-18(25-14-23-17-12-8-7-11-16(17)21(25)27)20(26)24-19(22(28)29)15-9-5-4-6-10-15/h4-12,14,18-19H,2-3,13H2,1H3,(H,24,26)(H,28,29)/t18-,19+/m1/s1. The summed E-state index contributed by atoms with van der Waals surface area (Å²) in [7, 11) is 0. The number of aromatic nitrogens is 2. The van der Waals surface area contributed by atoms with Gasteiger partial charge < -0.3 is 10.4 Å². The maximum Gasteiger partial charge on any atom is 0.330 e. The van der Waals surface area contributed by atoms with E-state index in [1.54, 1.807) is 54.6 Å². The van der Waals surface area contributed by atoms with Crippen LogP contribution in [0.1, 0.15) is 43.8 Å². The van der Waals surface area contributed by atoms with Crippen molar-refractivity contribution in [2.75, 3.05) is 0 Å². The molecule has 0 bridgehead atoms. The second-order valence-electron chi connectivity index (χ2n) is 6.82. The molecular weight excluding hydrogens is 370 g/mol. The predicted octanol–water partition coefficient (Wildman–Crippen LogP) is 3.07. The maximum atomic E-state index is 13.1. The average Bonchev–Trinajstić information content (AvgIpc) is 2.74. The van der Waals surface area contributed by atoms with Crippen molar-refractivity contribution in [3.63, 3.8) is 0 Å². The molecule has 2 N–H and O–H groups in total. The predicted molar refractivity (Wildman–Crippen MR) is 110 cm³/mol. The number of aliphatic carboxylic acids is 1. The normalized spacial score (nSPS) is 13.0. The van der Waals surface area contributed by atoms with Crippen molar-refractivity contribution >= 4 is 22.8 Å². The van der Waals surface area contributed by atoms with Gasteiger partial charge in [0.05, 0.1) is 17.2 Å². The number of hydrogen-bond acceptors (Lipinski definition) is 4. The Kier molecular flexibility index (Phi) is 6.39. The highest BCUT2D eigenvalue weighted by Gasteiger charge is 2.28. The summed E-state index contributed by atoms with van der Waals surface area (Å²) in [5.41, 5.74) is 0.695. The van der Waals surface area contributed by atoms with Gasteiger partial charge in [0.15, 0.2) is 6.04 Å². The summed E-state index contributed by atoms with van der Waals surface area (Å²) >= 11 is 0. The van der Waals surface area contributed by atoms with Gasteiger partial charge in [-0.25, -0.2) is 9.78 Å². The molecule has 1 amide bonds. The number of fused-ring (bicyclic) bond motifs is 1. The third-order valence-corrected chi connectivity index (χ3v) is 4.83. The highest BCUT2D eigenvalue weighted by atomic mass is 16.4. The Bertz CT molecular complexity index is 1060. The van der Waals surface area contributed by atoms with Gasteiger partial charge in [0.1, 0.15) is 6.04 Å². The van der Waals surface area contributed by atoms with Crippen LogP contribution in [0.15, 0.2) is 65.7 Å². The Balaban J connectivity index is 1.96. The number of rotatable bonds is 8. The van der Waals surface area contributed by atoms with Crippen molar-refractivity contribution in [1.29, 1.82) is 0 Å². The number of hydrogen-bond donors (Lipinski definition) is 2. The minimum Gasteiger partial charge on any atom is -0.479 e. The van der Waals surface area contributed by atoms with E-state index in [0.29, 0.717) is 29.3 Å². The van der Waals surface area contributed by atoms with Gasteiger partial charge in [0, 0.05) is 0 Å². The zero-order valence-corrected chi connectivity index (χ0v) is 16.1. The fourth-order valence-corrected chi connectivity index (χ4v) is 3.27. The van der Waals surface area contributed by atoms with E-state index in [1.807, 2.05) is 6.92 Å². The largest absolute Gasteiger partial charge is 0.479 e. The Morgan fingerprint density at radius 1 is 1.10 bits per heavy atom. The zero-order valence-electron chi connectivity index (χ0n) is 16.1. The average molecular weight is 393 g/mol. The Hall–Kier alpha value is -3.48. The third-order valence-electron chi connectivity index (χ3n) is 4.83. The Morgan fingerprint density at radius 3 is 2.48 bits per heavy atom. The first-order valence-electron chi connectivity index (χ1n) is 9.57. The topological polar surface area (TPSA) is 101 Å². The SMILES string of the molecule is CCCC[C@H](C(=O)N[C@H](C(=O)O)c1ccccc1)n1cnc2ccccc2c1=O. The molecule has 29 heavy (non-hydrogen) atoms. The second-order valence-corrected chi connectivity index (χ2v) is 6.82. The van der Waals surface area contributed by atoms with Crippen molar-refractivity contribution in [3.05, 3.63) is 76.8 Å². The van der Waals surface area contributed by atoms with Gasteiger partial charge in [0.25, 0.3) is 5.56 Å². The van der Waals surface area contributed by atoms with Gasteiger partial charge in [-0.1, -0.05) is 62.2 Å². The van der Waals surface area contributed by atoms with Gasteiger partial charge >= 0.3 is 5.97 Å². The monoisotopic (exact) mass is 393 g/mol. The molecule has 0 unspecified atom stereocenters. The van der Waals surface area contributed by atoms with Crippen LogP contribution in [0.3, 0.4) is 0 Å². The van der Waals surface area contributed by atoms with Gasteiger partial charge in [0.2, 0.25) is 5.91 Å². The molecule has 0 fully saturated rings. The van der Waals surface area contributed by atoms with Crippen LogP contribution in [0.4, 0.5) is 0 Å². The Morgan fingerprint density at radius 2 is 1.79 bits per heavy atom. The maximum absolute atomic E-state index is 13.1. The number of nitrogens with one attached hydrogen (secondary N) is 1. The van der Waals surface area contributed by atoms with E-state index in [9.17, 15) is 19.5 Å². The molecule has 0 aliphatic rings. The van der Waals surface area contributed by atoms with Crippen LogP contribution in [0.2, 0.25) is 0 Å². The molecule has 0 aliphatic heterocycles. The van der Waals surface area contributed by atoms with Crippen LogP contribution in [0.5, 0.6) is 0 Å². The molecule has 0 radical (unpaired) electrons. The van der Waals surface area contributed by atoms with Crippen LogP contribution in [0.25, 0.3) is 10.9 Å². The van der Waals surface area contributed by atoms with Crippen molar-refractivity contribution in [1.82, 2.24) is 14.9 Å². The molecule has 1 aromatic heterocycles. The van der Waals surface area contributed by atoms with Crippen molar-refractivity contribution < 1.29 is 14.7 Å². The van der Waals surface area contributed by atoms with E-state index < -0.39 is 24.0 Å². The molecule has 150 valence electrons. The number of carboxylic acids is 1. The van der Waals surface area contributed by atoms with Gasteiger partial charge in [-0.3, -0.25) is 14.2 Å². The number of amides is 1. The minimum atomic E-state index is -1.20. The summed E-state index contributed by atoms with van der Waals surface area (Å²) in [6, 6.07) is 13.4. The van der Waals surface area contributed by atoms with E-state index in [-0.39, 0.29) is 5.56 Å². The van der Waals surface area contributed by atoms with Crippen LogP contribution >= 0.6 is 0 Å². The van der Waals surface area contributed by atoms with Crippen molar-refractivity contribution in [3.8, 4) is 0 Å². The molecule has 7 heteroatoms. The van der Waals surface area contributed by atoms with E-state index in [1.165, 1.54) is 10.9 Å². The minimum absolute atomic E-state index is 0.321. The summed E-state index contributed by atoms with van der Waals surface area (Å²) in [5, 5.41) is 12.6. The van der Waals surface area contributed by atoms with E-state index in [2.05, 4.69) is 10.3 Å². The summed E-state index contributed by atoms with van der Waals surface area (Å²) in [6.07, 6.45) is 3.31. The lowest BCUT2D eigenvalue weighted by atomic mass is 10.0. The molecule has 3 rings (SSSR count). The highest BCUT2D eigenvalue weighted by molar-refractivity contribution is 5.87. The van der Waals surface area contributed by atoms with Gasteiger partial charge in [-0.2, -0.15) is 0 Å². The fourth-order valence-electron chi connectivity index (χ4n) is 3.27. The lowest BCUT2D eigenvalue weighted by Gasteiger charge is -2.22. The first-order chi connectivity index (χ1) is 14.0. The summed E-state index contributed by atoms with van der Waals surface area (Å²) in [5.74, 6) is -1.68. The van der Waals surface area contributed by atoms with E-state index in [4.69, 9.17) is 0 Å². The lowest BCUT2D eigenvalue weighted by Crippen LogP contribution is -2.41. The molecule has 0 saturated heterocycles. The molecule has 1 heterocycles. The lowest BCUT2D eigenvalue weighted by molar-refractivity contribution is -0.142. The van der Waals surface area contributed by atoms with Crippen LogP contribution < -0.4 is 10.9 Å². The third kappa shape index (κ3) is 4.51. The number of carbonyl (C=O) groups excluding carboxylic acids is 1. The molecule has 0 aliphatic carbocycles. The van der Waals surface area contributed by atoms with Gasteiger partial charge in [-0.15, -0.1) is 0 Å². The van der Waals surface area contributed by atoms with Crippen LogP contribution in [0, 0.1) is 0 Å². The van der Waals surface area contributed by atoms with E-state index in [0.717, 1.165) is 6.42 Å². The number of para-hydroxylation sites is 1. The first-order valence-corrected chi connectivity index (χ1v) is 9.57. The smallest absolute Gasteiger partial charge is 0.330 e. The van der Waals surface area contributed by atoms with Crippen LogP contribution in [-0.2, 0) is 9.59 Å². The number of nitrogens with zero attached hydrogens (tertiary/aromatic N) is 2. The van der Waals surface area contributed by atoms with Crippen molar-refractivity contribution in [2.45, 2.75) is 38.3 Å². The first kappa shape index (κ1) is 20.3. The van der Waals surface area contributed by atoms with Crippen LogP contribution in [-0.4, -0.2) is 26.5 Å². The molecule has 0 spiro atoms. The van der Waals surface area contributed by atoms with Crippen molar-refractivity contribution in [2.24, 2.45) is 0 Å². The number of unbranched alkanes of at least 4 members (excludes halogenated alkanes) is 1. The summed E-state index contributed by atoms with van der Waals surface area (Å²) < 4.78 is 1.30. The highest BCUT2D eigenvalue weighted by Crippen LogP contribution is 2.19. The van der Waals surface area contributed by atoms with Gasteiger partial charge in [-0.05, 0) is 24.1 Å². The summed E-state index contributed by atoms with van der Waals surface area (Å²) in [4.78, 5) is 42.1. The van der Waals surface area contributed by atoms with E-state index >= 15 is 0 Å². The quantitative estimate of drug-likeness (QED) is 0.612. The Labute approximate surface area is 168 Å². The molecule has 2 aromatic carbocycles. The second kappa shape index (κ2) is 9.14. The molecule has 7 nitrogen and oxygen atoms in total.